The molecule has 0 amide bonds. The number of benzene rings is 5. The zero-order valence-corrected chi connectivity index (χ0v) is 38.1. The van der Waals surface area contributed by atoms with Crippen LogP contribution < -0.4 is 4.40 Å². The predicted octanol–water partition coefficient (Wildman–Crippen LogP) is 13.1. The van der Waals surface area contributed by atoms with Crippen LogP contribution in [-0.4, -0.2) is 32.8 Å². The first kappa shape index (κ1) is 30.0. The Bertz CT molecular complexity index is 3320. The van der Waals surface area contributed by atoms with Crippen molar-refractivity contribution >= 4 is 50.8 Å². The summed E-state index contributed by atoms with van der Waals surface area (Å²) >= 11 is -2.79. The molecule has 9 rings (SSSR count). The van der Waals surface area contributed by atoms with Crippen LogP contribution in [0.25, 0.3) is 72.7 Å². The summed E-state index contributed by atoms with van der Waals surface area (Å²) in [5.41, 5.74) is 5.16. The first-order chi connectivity index (χ1) is 32.2. The fourth-order valence-electron chi connectivity index (χ4n) is 7.29. The minimum Gasteiger partial charge on any atom is 0 e. The van der Waals surface area contributed by atoms with Gasteiger partial charge in [0.15, 0.2) is 0 Å². The van der Waals surface area contributed by atoms with Gasteiger partial charge in [-0.2, -0.15) is 0 Å². The number of pyridine rings is 2. The average molecular weight is 1020 g/mol. The first-order valence-electron chi connectivity index (χ1n) is 24.6. The van der Waals surface area contributed by atoms with Crippen LogP contribution in [0.2, 0.25) is 17.3 Å². The van der Waals surface area contributed by atoms with E-state index >= 15 is 0 Å². The maximum Gasteiger partial charge on any atom is 0 e. The molecule has 0 aliphatic heterocycles. The van der Waals surface area contributed by atoms with Crippen molar-refractivity contribution in [2.24, 2.45) is 5.41 Å². The van der Waals surface area contributed by atoms with Gasteiger partial charge in [-0.15, -0.1) is 18.2 Å². The summed E-state index contributed by atoms with van der Waals surface area (Å²) in [5.74, 6) is 6.90. The Hall–Kier alpha value is -5.14. The summed E-state index contributed by atoms with van der Waals surface area (Å²) in [6.07, 6.45) is -1.70. The van der Waals surface area contributed by atoms with E-state index in [1.165, 1.54) is 18.2 Å². The van der Waals surface area contributed by atoms with Gasteiger partial charge >= 0.3 is 145 Å². The van der Waals surface area contributed by atoms with Crippen molar-refractivity contribution < 1.29 is 39.6 Å². The van der Waals surface area contributed by atoms with Crippen LogP contribution in [0.15, 0.2) is 132 Å². The van der Waals surface area contributed by atoms with Crippen molar-refractivity contribution in [2.75, 3.05) is 0 Å². The Morgan fingerprint density at radius 3 is 2.17 bits per heavy atom. The van der Waals surface area contributed by atoms with E-state index in [0.717, 1.165) is 22.1 Å². The number of imidazole rings is 1. The number of hydrogen-bond acceptors (Lipinski definition) is 4. The van der Waals surface area contributed by atoms with E-state index in [2.05, 4.69) is 43.9 Å². The number of rotatable bonds is 6. The van der Waals surface area contributed by atoms with E-state index in [0.29, 0.717) is 43.6 Å². The standard InChI is InChI=1S/C32H22N3O.C20H28GeN.Ir/c1-20-10-8-11-21(2)29(20)27-19-18-24-23-14-9-15-25(30(23)36-32(24)34-27)31-33-26-16-6-7-17-28(26)35(31)22-12-4-3-5-13-22;1-15-19(21(5,6)7)17(14-20(2,3)4)13-18(22-15)16-11-9-8-10-12-16;/h3-14,16-19H,1-2H3;8-11,13H,14H2,1-7H3;/q2*-1;/i1D3,2D3;1D3,14D2;. The van der Waals surface area contributed by atoms with Crippen molar-refractivity contribution in [3.05, 3.63) is 162 Å². The minimum atomic E-state index is -2.79. The van der Waals surface area contributed by atoms with E-state index in [1.807, 2.05) is 106 Å². The summed E-state index contributed by atoms with van der Waals surface area (Å²) in [5, 5.41) is 1.48. The summed E-state index contributed by atoms with van der Waals surface area (Å²) in [6, 6.07) is 44.6. The number of aromatic nitrogens is 4. The van der Waals surface area contributed by atoms with Crippen molar-refractivity contribution in [1.29, 1.82) is 0 Å². The Morgan fingerprint density at radius 2 is 1.47 bits per heavy atom. The van der Waals surface area contributed by atoms with Crippen molar-refractivity contribution in [2.45, 2.75) is 65.0 Å². The zero-order valence-electron chi connectivity index (χ0n) is 44.7. The number of hydrogen-bond donors (Lipinski definition) is 0. The summed E-state index contributed by atoms with van der Waals surface area (Å²) in [4.78, 5) is 14.2. The maximum atomic E-state index is 8.87. The predicted molar refractivity (Wildman–Crippen MR) is 245 cm³/mol. The Kier molecular flexibility index (Phi) is 8.56. The van der Waals surface area contributed by atoms with E-state index in [9.17, 15) is 0 Å². The van der Waals surface area contributed by atoms with Crippen LogP contribution >= 0.6 is 0 Å². The second-order valence-corrected chi connectivity index (χ2v) is 26.7. The molecule has 0 aliphatic carbocycles. The van der Waals surface area contributed by atoms with Gasteiger partial charge in [-0.25, -0.2) is 4.98 Å². The van der Waals surface area contributed by atoms with E-state index in [-0.39, 0.29) is 53.9 Å². The maximum absolute atomic E-state index is 8.87. The van der Waals surface area contributed by atoms with E-state index < -0.39 is 45.6 Å². The van der Waals surface area contributed by atoms with Crippen LogP contribution in [0.4, 0.5) is 0 Å². The van der Waals surface area contributed by atoms with Crippen LogP contribution in [0.1, 0.15) is 58.2 Å². The van der Waals surface area contributed by atoms with Crippen molar-refractivity contribution in [3.63, 3.8) is 0 Å². The molecule has 0 unspecified atom stereocenters. The molecule has 4 aromatic heterocycles. The van der Waals surface area contributed by atoms with Crippen LogP contribution in [0.5, 0.6) is 0 Å². The van der Waals surface area contributed by atoms with Gasteiger partial charge in [0.05, 0.1) is 28.1 Å². The molecule has 0 N–H and O–H groups in total. The number of fused-ring (bicyclic) bond motifs is 4. The van der Waals surface area contributed by atoms with Gasteiger partial charge in [0.2, 0.25) is 5.71 Å². The Balaban J connectivity index is 0.000000225. The second kappa shape index (κ2) is 16.8. The molecular weight excluding hydrogens is 961 g/mol. The van der Waals surface area contributed by atoms with Crippen molar-refractivity contribution in [1.82, 2.24) is 19.5 Å². The molecule has 59 heavy (non-hydrogen) atoms. The molecule has 4 heterocycles. The van der Waals surface area contributed by atoms with E-state index in [4.69, 9.17) is 24.5 Å². The van der Waals surface area contributed by atoms with Gasteiger partial charge in [0, 0.05) is 45.0 Å². The van der Waals surface area contributed by atoms with Gasteiger partial charge in [0.1, 0.15) is 0 Å². The fraction of sp³-hybridized carbons (Fsp3) is 0.212. The monoisotopic (exact) mass is 1020 g/mol. The molecule has 0 saturated carbocycles. The van der Waals surface area contributed by atoms with Gasteiger partial charge < -0.3 is 8.98 Å². The summed E-state index contributed by atoms with van der Waals surface area (Å²) in [6.45, 7) is -1.95. The topological polar surface area (TPSA) is 56.7 Å². The molecule has 0 spiro atoms. The largest absolute Gasteiger partial charge is 0 e. The van der Waals surface area contributed by atoms with Crippen LogP contribution in [0, 0.1) is 38.1 Å². The third kappa shape index (κ3) is 8.63. The smallest absolute Gasteiger partial charge is 0 e. The Morgan fingerprint density at radius 1 is 0.729 bits per heavy atom. The molecule has 0 fully saturated rings. The molecular formula is C52H50GeIrN4O-2. The molecule has 1 radical (unpaired) electrons. The van der Waals surface area contributed by atoms with Crippen LogP contribution in [-0.2, 0) is 26.5 Å². The number of para-hydroxylation sites is 3. The van der Waals surface area contributed by atoms with Gasteiger partial charge in [-0.05, 0) is 61.2 Å². The fourth-order valence-corrected chi connectivity index (χ4v) is 10.9. The molecule has 5 aromatic carbocycles. The molecule has 0 bridgehead atoms. The minimum absolute atomic E-state index is 0. The van der Waals surface area contributed by atoms with E-state index in [1.54, 1.807) is 24.3 Å². The van der Waals surface area contributed by atoms with Gasteiger partial charge in [-0.1, -0.05) is 59.5 Å². The first-order valence-corrected chi connectivity index (χ1v) is 26.5. The Labute approximate surface area is 380 Å². The number of aryl methyl sites for hydroxylation is 3. The summed E-state index contributed by atoms with van der Waals surface area (Å²) in [7, 11) is 0. The zero-order chi connectivity index (χ0) is 50.1. The molecule has 0 saturated heterocycles. The number of nitrogens with zero attached hydrogens (tertiary/aromatic N) is 4. The number of furan rings is 1. The average Bonchev–Trinajstić information content (AvgIpc) is 3.86. The van der Waals surface area contributed by atoms with Crippen molar-refractivity contribution in [3.8, 4) is 39.6 Å². The van der Waals surface area contributed by atoms with Crippen LogP contribution in [0.3, 0.4) is 0 Å². The van der Waals surface area contributed by atoms with Gasteiger partial charge in [-0.3, -0.25) is 4.98 Å². The SMILES string of the molecule is [2H]C([2H])([2H])c1cccc(C([2H])([2H])[2H])c1-c1ccc2c(n1)oc1c(-c3nc4ccccc4n3-c3ccccc3)[c-]ccc12.[2H]C([2H])([2H])c1nc(-c2[c-]cccc2)cc(C([2H])([2H])C(C)(C)C)[c]1[Ge]([CH3])([CH3])[CH3].[Ir]. The third-order valence-electron chi connectivity index (χ3n) is 9.68. The summed E-state index contributed by atoms with van der Waals surface area (Å²) < 4.78 is 99.4. The normalized spacial score (nSPS) is 15.4. The molecule has 0 atom stereocenters. The molecule has 5 nitrogen and oxygen atoms in total. The third-order valence-corrected chi connectivity index (χ3v) is 13.9. The molecule has 0 aliphatic rings. The second-order valence-electron chi connectivity index (χ2n) is 16.2. The molecule has 7 heteroatoms. The molecule has 9 aromatic rings. The quantitative estimate of drug-likeness (QED) is 0.123. The van der Waals surface area contributed by atoms with Gasteiger partial charge in [0.25, 0.3) is 0 Å². The molecule has 299 valence electrons.